The molecule has 104 valence electrons. The Kier molecular flexibility index (Phi) is 4.63. The Hall–Kier alpha value is -1.58. The van der Waals surface area contributed by atoms with Crippen LogP contribution in [-0.2, 0) is 0 Å². The maximum Gasteiger partial charge on any atom is 0.201 e. The second-order valence-corrected chi connectivity index (χ2v) is 5.11. The number of rotatable bonds is 4. The highest BCUT2D eigenvalue weighted by atomic mass is 35.5. The predicted octanol–water partition coefficient (Wildman–Crippen LogP) is 4.70. The first kappa shape index (κ1) is 14.8. The Labute approximate surface area is 126 Å². The summed E-state index contributed by atoms with van der Waals surface area (Å²) in [5, 5.41) is 0.687. The Morgan fingerprint density at radius 1 is 1.20 bits per heavy atom. The molecule has 2 aromatic carbocycles. The van der Waals surface area contributed by atoms with Crippen molar-refractivity contribution in [1.29, 1.82) is 0 Å². The summed E-state index contributed by atoms with van der Waals surface area (Å²) in [7, 11) is 0. The van der Waals surface area contributed by atoms with Crippen LogP contribution in [0.5, 0.6) is 5.75 Å². The van der Waals surface area contributed by atoms with Gasteiger partial charge in [-0.05, 0) is 42.8 Å². The van der Waals surface area contributed by atoms with Crippen LogP contribution >= 0.6 is 23.2 Å². The highest BCUT2D eigenvalue weighted by molar-refractivity contribution is 6.35. The number of benzene rings is 2. The molecule has 0 atom stereocenters. The summed E-state index contributed by atoms with van der Waals surface area (Å²) < 4.78 is 18.7. The monoisotopic (exact) mass is 312 g/mol. The van der Waals surface area contributed by atoms with E-state index in [1.807, 2.05) is 6.92 Å². The topological polar surface area (TPSA) is 26.3 Å². The molecular weight excluding hydrogens is 302 g/mol. The van der Waals surface area contributed by atoms with Gasteiger partial charge in [-0.25, -0.2) is 4.39 Å². The zero-order chi connectivity index (χ0) is 14.7. The average Bonchev–Trinajstić information content (AvgIpc) is 2.42. The standard InChI is InChI=1S/C15H11Cl2FO2/c1-9-2-5-13(18)15(6-9)20-8-14(19)11-7-10(16)3-4-12(11)17/h2-7H,8H2,1H3. The van der Waals surface area contributed by atoms with E-state index in [1.54, 1.807) is 12.1 Å². The number of ether oxygens (including phenoxy) is 1. The van der Waals surface area contributed by atoms with Crippen LogP contribution < -0.4 is 4.74 Å². The molecule has 2 aromatic rings. The van der Waals surface area contributed by atoms with Crippen LogP contribution in [0.25, 0.3) is 0 Å². The molecule has 0 saturated heterocycles. The zero-order valence-electron chi connectivity index (χ0n) is 10.6. The number of carbonyl (C=O) groups is 1. The van der Waals surface area contributed by atoms with E-state index >= 15 is 0 Å². The van der Waals surface area contributed by atoms with Crippen molar-refractivity contribution in [3.05, 3.63) is 63.4 Å². The van der Waals surface area contributed by atoms with E-state index in [-0.39, 0.29) is 28.7 Å². The molecule has 0 radical (unpaired) electrons. The van der Waals surface area contributed by atoms with Gasteiger partial charge < -0.3 is 4.74 Å². The molecule has 0 unspecified atom stereocenters. The van der Waals surface area contributed by atoms with Gasteiger partial charge in [0, 0.05) is 10.6 Å². The van der Waals surface area contributed by atoms with E-state index in [0.29, 0.717) is 5.02 Å². The van der Waals surface area contributed by atoms with Crippen molar-refractivity contribution in [2.75, 3.05) is 6.61 Å². The smallest absolute Gasteiger partial charge is 0.201 e. The number of carbonyl (C=O) groups excluding carboxylic acids is 1. The first-order chi connectivity index (χ1) is 9.47. The summed E-state index contributed by atoms with van der Waals surface area (Å²) in [5.74, 6) is -0.838. The number of aryl methyl sites for hydroxylation is 1. The lowest BCUT2D eigenvalue weighted by Gasteiger charge is -2.08. The van der Waals surface area contributed by atoms with Gasteiger partial charge in [-0.3, -0.25) is 4.79 Å². The average molecular weight is 313 g/mol. The molecule has 0 bridgehead atoms. The molecule has 0 saturated carbocycles. The van der Waals surface area contributed by atoms with E-state index in [4.69, 9.17) is 27.9 Å². The molecular formula is C15H11Cl2FO2. The summed E-state index contributed by atoms with van der Waals surface area (Å²) in [4.78, 5) is 12.0. The van der Waals surface area contributed by atoms with Crippen LogP contribution in [0.2, 0.25) is 10.0 Å². The van der Waals surface area contributed by atoms with Crippen LogP contribution in [0.15, 0.2) is 36.4 Å². The van der Waals surface area contributed by atoms with Crippen molar-refractivity contribution in [1.82, 2.24) is 0 Å². The first-order valence-electron chi connectivity index (χ1n) is 5.84. The Morgan fingerprint density at radius 2 is 1.95 bits per heavy atom. The van der Waals surface area contributed by atoms with Crippen LogP contribution in [0.1, 0.15) is 15.9 Å². The highest BCUT2D eigenvalue weighted by Crippen LogP contribution is 2.22. The van der Waals surface area contributed by atoms with Crippen molar-refractivity contribution in [2.24, 2.45) is 0 Å². The Bertz CT molecular complexity index is 656. The van der Waals surface area contributed by atoms with Gasteiger partial charge >= 0.3 is 0 Å². The molecule has 5 heteroatoms. The van der Waals surface area contributed by atoms with E-state index in [9.17, 15) is 9.18 Å². The van der Waals surface area contributed by atoms with E-state index in [0.717, 1.165) is 5.56 Å². The minimum absolute atomic E-state index is 0.0384. The summed E-state index contributed by atoms with van der Waals surface area (Å²) in [5.41, 5.74) is 1.10. The first-order valence-corrected chi connectivity index (χ1v) is 6.60. The van der Waals surface area contributed by atoms with Crippen LogP contribution in [0.3, 0.4) is 0 Å². The SMILES string of the molecule is Cc1ccc(F)c(OCC(=O)c2cc(Cl)ccc2Cl)c1. The summed E-state index contributed by atoms with van der Waals surface area (Å²) in [6.07, 6.45) is 0. The van der Waals surface area contributed by atoms with E-state index < -0.39 is 5.82 Å². The lowest BCUT2D eigenvalue weighted by Crippen LogP contribution is -2.12. The maximum atomic E-state index is 13.5. The van der Waals surface area contributed by atoms with E-state index in [2.05, 4.69) is 0 Å². The van der Waals surface area contributed by atoms with E-state index in [1.165, 1.54) is 24.3 Å². The third kappa shape index (κ3) is 3.50. The number of halogens is 3. The molecule has 0 fully saturated rings. The van der Waals surface area contributed by atoms with Crippen molar-refractivity contribution in [3.8, 4) is 5.75 Å². The predicted molar refractivity (Wildman–Crippen MR) is 77.4 cm³/mol. The fourth-order valence-electron chi connectivity index (χ4n) is 1.65. The van der Waals surface area contributed by atoms with Crippen LogP contribution in [0, 0.1) is 12.7 Å². The van der Waals surface area contributed by atoms with Gasteiger partial charge in [0.1, 0.15) is 0 Å². The molecule has 0 N–H and O–H groups in total. The van der Waals surface area contributed by atoms with Crippen molar-refractivity contribution >= 4 is 29.0 Å². The molecule has 20 heavy (non-hydrogen) atoms. The van der Waals surface area contributed by atoms with Gasteiger partial charge in [-0.15, -0.1) is 0 Å². The fraction of sp³-hybridized carbons (Fsp3) is 0.133. The van der Waals surface area contributed by atoms with Crippen LogP contribution in [0.4, 0.5) is 4.39 Å². The summed E-state index contributed by atoms with van der Waals surface area (Å²) >= 11 is 11.7. The van der Waals surface area contributed by atoms with Crippen molar-refractivity contribution in [3.63, 3.8) is 0 Å². The Balaban J connectivity index is 2.12. The molecule has 2 rings (SSSR count). The lowest BCUT2D eigenvalue weighted by atomic mass is 10.1. The third-order valence-electron chi connectivity index (χ3n) is 2.67. The normalized spacial score (nSPS) is 10.4. The van der Waals surface area contributed by atoms with Crippen molar-refractivity contribution < 1.29 is 13.9 Å². The third-order valence-corrected chi connectivity index (χ3v) is 3.24. The van der Waals surface area contributed by atoms with Gasteiger partial charge in [0.15, 0.2) is 18.2 Å². The minimum Gasteiger partial charge on any atom is -0.482 e. The summed E-state index contributed by atoms with van der Waals surface area (Å²) in [6.45, 7) is 1.50. The zero-order valence-corrected chi connectivity index (χ0v) is 12.1. The molecule has 2 nitrogen and oxygen atoms in total. The lowest BCUT2D eigenvalue weighted by molar-refractivity contribution is 0.0919. The molecule has 0 heterocycles. The van der Waals surface area contributed by atoms with Gasteiger partial charge in [-0.1, -0.05) is 29.3 Å². The number of ketones is 1. The quantitative estimate of drug-likeness (QED) is 0.765. The molecule has 0 amide bonds. The van der Waals surface area contributed by atoms with Gasteiger partial charge in [0.05, 0.1) is 5.02 Å². The molecule has 0 aliphatic rings. The Morgan fingerprint density at radius 3 is 2.70 bits per heavy atom. The molecule has 0 spiro atoms. The van der Waals surface area contributed by atoms with Crippen molar-refractivity contribution in [2.45, 2.75) is 6.92 Å². The number of hydrogen-bond donors (Lipinski definition) is 0. The number of Topliss-reactive ketones (excluding diaryl/α,β-unsaturated/α-hetero) is 1. The highest BCUT2D eigenvalue weighted by Gasteiger charge is 2.13. The number of hydrogen-bond acceptors (Lipinski definition) is 2. The molecule has 0 aliphatic heterocycles. The minimum atomic E-state index is -0.513. The van der Waals surface area contributed by atoms with Gasteiger partial charge in [-0.2, -0.15) is 0 Å². The van der Waals surface area contributed by atoms with Gasteiger partial charge in [0.2, 0.25) is 5.78 Å². The van der Waals surface area contributed by atoms with Crippen LogP contribution in [-0.4, -0.2) is 12.4 Å². The maximum absolute atomic E-state index is 13.5. The second-order valence-electron chi connectivity index (χ2n) is 4.27. The van der Waals surface area contributed by atoms with Gasteiger partial charge in [0.25, 0.3) is 0 Å². The second kappa shape index (κ2) is 6.25. The molecule has 0 aromatic heterocycles. The largest absolute Gasteiger partial charge is 0.482 e. The summed E-state index contributed by atoms with van der Waals surface area (Å²) in [6, 6.07) is 9.02. The molecule has 0 aliphatic carbocycles. The fourth-order valence-corrected chi connectivity index (χ4v) is 2.05.